The van der Waals surface area contributed by atoms with E-state index in [4.69, 9.17) is 9.47 Å². The molecule has 1 aliphatic carbocycles. The molecule has 5 aromatic carbocycles. The number of benzene rings is 5. The van der Waals surface area contributed by atoms with Crippen LogP contribution >= 0.6 is 0 Å². The molecule has 0 fully saturated rings. The van der Waals surface area contributed by atoms with E-state index in [1.165, 1.54) is 38.9 Å². The molecule has 0 atom stereocenters. The van der Waals surface area contributed by atoms with Crippen LogP contribution in [0.4, 0.5) is 22.7 Å². The lowest BCUT2D eigenvalue weighted by Gasteiger charge is -2.29. The monoisotopic (exact) mass is 714 g/mol. The lowest BCUT2D eigenvalue weighted by atomic mass is 9.89. The van der Waals surface area contributed by atoms with Gasteiger partial charge in [-0.3, -0.25) is 0 Å². The first-order valence-electron chi connectivity index (χ1n) is 15.8. The van der Waals surface area contributed by atoms with E-state index >= 15 is 0 Å². The van der Waals surface area contributed by atoms with Crippen molar-refractivity contribution >= 4 is 45.3 Å². The van der Waals surface area contributed by atoms with Crippen molar-refractivity contribution < 1.29 is 38.0 Å². The summed E-state index contributed by atoms with van der Waals surface area (Å²) in [4.78, 5) is 2.26. The number of hydrogen-bond donors (Lipinski definition) is 0. The molecule has 0 aromatic heterocycles. The SMILES string of the molecule is CC[N+]1=C(/C=C/C2=C3Oc4cc(N(c5ccccc5)c5ccc(OC)cc5)ccc4C=C3CCC2)c2cccc3cccc1c23.[I-]. The average Bonchev–Trinajstić information content (AvgIpc) is 3.41. The summed E-state index contributed by atoms with van der Waals surface area (Å²) in [5.74, 6) is 2.73. The second-order valence-electron chi connectivity index (χ2n) is 11.7. The molecule has 8 rings (SSSR count). The molecule has 5 aromatic rings. The summed E-state index contributed by atoms with van der Waals surface area (Å²) in [6.45, 7) is 3.15. The first-order valence-corrected chi connectivity index (χ1v) is 15.8. The van der Waals surface area contributed by atoms with Crippen LogP contribution in [0, 0.1) is 0 Å². The van der Waals surface area contributed by atoms with Gasteiger partial charge in [-0.25, -0.2) is 0 Å². The van der Waals surface area contributed by atoms with Crippen molar-refractivity contribution in [1.82, 2.24) is 0 Å². The Morgan fingerprint density at radius 2 is 1.57 bits per heavy atom. The molecule has 228 valence electrons. The Balaban J connectivity index is 0.00000338. The smallest absolute Gasteiger partial charge is 0.214 e. The van der Waals surface area contributed by atoms with Crippen LogP contribution in [-0.4, -0.2) is 23.9 Å². The molecule has 3 aliphatic rings. The lowest BCUT2D eigenvalue weighted by molar-refractivity contribution is -0.430. The quantitative estimate of drug-likeness (QED) is 0.131. The first kappa shape index (κ1) is 30.1. The van der Waals surface area contributed by atoms with E-state index in [0.29, 0.717) is 0 Å². The summed E-state index contributed by atoms with van der Waals surface area (Å²) in [5.41, 5.74) is 10.7. The van der Waals surface area contributed by atoms with Gasteiger partial charge in [0.25, 0.3) is 0 Å². The molecule has 46 heavy (non-hydrogen) atoms. The van der Waals surface area contributed by atoms with E-state index in [0.717, 1.165) is 65.7 Å². The predicted octanol–water partition coefficient (Wildman–Crippen LogP) is 7.26. The number of halogens is 1. The van der Waals surface area contributed by atoms with E-state index in [1.54, 1.807) is 7.11 Å². The van der Waals surface area contributed by atoms with Gasteiger partial charge in [0.05, 0.1) is 18.1 Å². The van der Waals surface area contributed by atoms with E-state index in [-0.39, 0.29) is 24.0 Å². The summed E-state index contributed by atoms with van der Waals surface area (Å²) in [7, 11) is 1.70. The molecule has 0 unspecified atom stereocenters. The Hall–Kier alpha value is -4.62. The normalized spacial score (nSPS) is 14.9. The zero-order valence-electron chi connectivity index (χ0n) is 26.0. The van der Waals surface area contributed by atoms with Gasteiger partial charge in [-0.15, -0.1) is 0 Å². The Morgan fingerprint density at radius 1 is 0.804 bits per heavy atom. The number of anilines is 3. The Labute approximate surface area is 287 Å². The van der Waals surface area contributed by atoms with Gasteiger partial charge in [0.2, 0.25) is 11.4 Å². The molecule has 0 saturated heterocycles. The highest BCUT2D eigenvalue weighted by atomic mass is 127. The minimum atomic E-state index is 0. The largest absolute Gasteiger partial charge is 1.00 e. The van der Waals surface area contributed by atoms with Gasteiger partial charge in [-0.1, -0.05) is 42.5 Å². The Bertz CT molecular complexity index is 2070. The van der Waals surface area contributed by atoms with Crippen LogP contribution < -0.4 is 38.4 Å². The van der Waals surface area contributed by atoms with Gasteiger partial charge in [0.1, 0.15) is 23.8 Å². The topological polar surface area (TPSA) is 24.7 Å². The van der Waals surface area contributed by atoms with Gasteiger partial charge in [0.15, 0.2) is 0 Å². The van der Waals surface area contributed by atoms with Crippen LogP contribution in [0.1, 0.15) is 37.3 Å². The summed E-state index contributed by atoms with van der Waals surface area (Å²) in [6.07, 6.45) is 10.1. The summed E-state index contributed by atoms with van der Waals surface area (Å²) < 4.78 is 14.7. The third-order valence-corrected chi connectivity index (χ3v) is 9.12. The molecule has 0 spiro atoms. The molecule has 0 saturated carbocycles. The maximum Gasteiger partial charge on any atom is 0.214 e. The first-order chi connectivity index (χ1) is 22.2. The second kappa shape index (κ2) is 12.6. The molecular formula is C41H35IN2O2. The van der Waals surface area contributed by atoms with Crippen molar-refractivity contribution in [1.29, 1.82) is 0 Å². The van der Waals surface area contributed by atoms with Crippen molar-refractivity contribution in [3.05, 3.63) is 149 Å². The molecule has 2 aliphatic heterocycles. The van der Waals surface area contributed by atoms with Crippen LogP contribution in [0.5, 0.6) is 11.5 Å². The zero-order valence-corrected chi connectivity index (χ0v) is 28.2. The molecule has 4 nitrogen and oxygen atoms in total. The van der Waals surface area contributed by atoms with E-state index in [2.05, 4.69) is 126 Å². The molecule has 0 bridgehead atoms. The summed E-state index contributed by atoms with van der Waals surface area (Å²) in [5, 5.41) is 2.64. The lowest BCUT2D eigenvalue weighted by Crippen LogP contribution is -3.00. The Morgan fingerprint density at radius 3 is 2.35 bits per heavy atom. The number of rotatable bonds is 7. The number of hydrogen-bond acceptors (Lipinski definition) is 3. The van der Waals surface area contributed by atoms with Crippen molar-refractivity contribution in [2.75, 3.05) is 18.6 Å². The van der Waals surface area contributed by atoms with Gasteiger partial charge in [-0.05, 0) is 109 Å². The highest BCUT2D eigenvalue weighted by Gasteiger charge is 2.30. The van der Waals surface area contributed by atoms with Crippen molar-refractivity contribution in [2.24, 2.45) is 0 Å². The molecule has 0 N–H and O–H groups in total. The number of ether oxygens (including phenoxy) is 2. The number of para-hydroxylation sites is 1. The van der Waals surface area contributed by atoms with Crippen molar-refractivity contribution in [2.45, 2.75) is 26.2 Å². The van der Waals surface area contributed by atoms with Crippen LogP contribution in [0.3, 0.4) is 0 Å². The van der Waals surface area contributed by atoms with Crippen LogP contribution in [0.15, 0.2) is 138 Å². The minimum absolute atomic E-state index is 0. The summed E-state index contributed by atoms with van der Waals surface area (Å²) >= 11 is 0. The van der Waals surface area contributed by atoms with Gasteiger partial charge in [-0.2, -0.15) is 4.58 Å². The van der Waals surface area contributed by atoms with Crippen LogP contribution in [-0.2, 0) is 0 Å². The minimum Gasteiger partial charge on any atom is -1.00 e. The van der Waals surface area contributed by atoms with E-state index < -0.39 is 0 Å². The standard InChI is InChI=1S/C41H35N2O2.HI/c1-3-42-37(36-16-8-10-28-11-9-17-38(42)40(28)36)25-19-29-12-7-13-31-26-30-18-20-34(27-39(30)45-41(29)31)43(32-14-5-4-6-15-32)33-21-23-35(44-2)24-22-33;/h4-6,8-11,14-27H,3,7,12-13H2,1-2H3;1H/q+1;/p-1. The Kier molecular flexibility index (Phi) is 8.26. The van der Waals surface area contributed by atoms with Crippen LogP contribution in [0.2, 0.25) is 0 Å². The third-order valence-electron chi connectivity index (χ3n) is 9.12. The highest BCUT2D eigenvalue weighted by Crippen LogP contribution is 2.44. The molecule has 2 heterocycles. The van der Waals surface area contributed by atoms with Gasteiger partial charge < -0.3 is 38.4 Å². The fourth-order valence-electron chi connectivity index (χ4n) is 6.99. The molecule has 0 radical (unpaired) electrons. The molecule has 5 heteroatoms. The fraction of sp³-hybridized carbons (Fsp3) is 0.146. The fourth-order valence-corrected chi connectivity index (χ4v) is 6.99. The van der Waals surface area contributed by atoms with E-state index in [9.17, 15) is 0 Å². The highest BCUT2D eigenvalue weighted by molar-refractivity contribution is 6.19. The van der Waals surface area contributed by atoms with Crippen molar-refractivity contribution in [3.8, 4) is 11.5 Å². The van der Waals surface area contributed by atoms with Gasteiger partial charge in [0, 0.05) is 40.8 Å². The molecule has 0 amide bonds. The predicted molar refractivity (Wildman–Crippen MR) is 185 cm³/mol. The number of nitrogens with zero attached hydrogens (tertiary/aromatic N) is 2. The zero-order chi connectivity index (χ0) is 30.3. The number of methoxy groups -OCH3 is 1. The number of fused-ring (bicyclic) bond motifs is 2. The summed E-state index contributed by atoms with van der Waals surface area (Å²) in [6, 6.07) is 38.4. The maximum atomic E-state index is 6.83. The average molecular weight is 715 g/mol. The molecular weight excluding hydrogens is 679 g/mol. The third kappa shape index (κ3) is 5.22. The second-order valence-corrected chi connectivity index (χ2v) is 11.7. The number of allylic oxidation sites excluding steroid dienone is 4. The van der Waals surface area contributed by atoms with Crippen molar-refractivity contribution in [3.63, 3.8) is 0 Å². The van der Waals surface area contributed by atoms with Crippen LogP contribution in [0.25, 0.3) is 16.8 Å². The van der Waals surface area contributed by atoms with Gasteiger partial charge >= 0.3 is 0 Å². The maximum absolute atomic E-state index is 6.83. The van der Waals surface area contributed by atoms with E-state index in [1.807, 2.05) is 18.2 Å².